The minimum absolute atomic E-state index is 0.993. The molecule has 0 amide bonds. The molecule has 0 N–H and O–H groups in total. The van der Waals surface area contributed by atoms with Gasteiger partial charge in [-0.3, -0.25) is 0 Å². The summed E-state index contributed by atoms with van der Waals surface area (Å²) in [5, 5.41) is 2.40. The van der Waals surface area contributed by atoms with E-state index in [1.54, 1.807) is 0 Å². The molecule has 0 aliphatic rings. The van der Waals surface area contributed by atoms with Gasteiger partial charge in [-0.05, 0) is 30.0 Å². The fourth-order valence-corrected chi connectivity index (χ4v) is 3.26. The maximum absolute atomic E-state index is 6.27. The van der Waals surface area contributed by atoms with Gasteiger partial charge >= 0.3 is 0 Å². The molecule has 22 heavy (non-hydrogen) atoms. The summed E-state index contributed by atoms with van der Waals surface area (Å²) in [5.41, 5.74) is 6.99. The number of hydrogen-bond donors (Lipinski definition) is 0. The van der Waals surface area contributed by atoms with Gasteiger partial charge < -0.3 is 4.42 Å². The third kappa shape index (κ3) is 1.86. The highest BCUT2D eigenvalue weighted by atomic mass is 16.3. The molecule has 108 valence electrons. The van der Waals surface area contributed by atoms with Crippen LogP contribution in [-0.4, -0.2) is 0 Å². The van der Waals surface area contributed by atoms with Crippen LogP contribution in [-0.2, 0) is 6.42 Å². The predicted molar refractivity (Wildman–Crippen MR) is 93.3 cm³/mol. The van der Waals surface area contributed by atoms with Crippen molar-refractivity contribution in [1.82, 2.24) is 0 Å². The van der Waals surface area contributed by atoms with E-state index in [-0.39, 0.29) is 0 Å². The van der Waals surface area contributed by atoms with Crippen LogP contribution in [0.25, 0.3) is 33.1 Å². The molecular weight excluding hydrogens is 268 g/mol. The normalized spacial score (nSPS) is 11.4. The van der Waals surface area contributed by atoms with Crippen molar-refractivity contribution in [2.24, 2.45) is 0 Å². The minimum Gasteiger partial charge on any atom is -0.455 e. The van der Waals surface area contributed by atoms with Gasteiger partial charge in [-0.25, -0.2) is 0 Å². The van der Waals surface area contributed by atoms with Gasteiger partial charge in [0.25, 0.3) is 0 Å². The zero-order valence-corrected chi connectivity index (χ0v) is 12.9. The summed E-state index contributed by atoms with van der Waals surface area (Å²) in [6.07, 6.45) is 1.02. The van der Waals surface area contributed by atoms with Gasteiger partial charge in [0, 0.05) is 16.3 Å². The monoisotopic (exact) mass is 286 g/mol. The lowest BCUT2D eigenvalue weighted by atomic mass is 9.96. The second-order valence-electron chi connectivity index (χ2n) is 5.75. The Bertz CT molecular complexity index is 976. The number of fused-ring (bicyclic) bond motifs is 3. The minimum atomic E-state index is 0.993. The Kier molecular flexibility index (Phi) is 3.00. The number of furan rings is 1. The first-order valence-corrected chi connectivity index (χ1v) is 7.78. The SMILES string of the molecule is CCc1ccccc1-c1cccc2c1oc1c(C)cccc12. The second-order valence-corrected chi connectivity index (χ2v) is 5.75. The topological polar surface area (TPSA) is 13.1 Å². The van der Waals surface area contributed by atoms with Gasteiger partial charge in [0.2, 0.25) is 0 Å². The van der Waals surface area contributed by atoms with E-state index in [4.69, 9.17) is 4.42 Å². The van der Waals surface area contributed by atoms with E-state index < -0.39 is 0 Å². The molecule has 1 nitrogen and oxygen atoms in total. The smallest absolute Gasteiger partial charge is 0.143 e. The average Bonchev–Trinajstić information content (AvgIpc) is 2.95. The standard InChI is InChI=1S/C21H18O/c1-3-15-9-4-5-10-16(15)17-12-7-13-19-18-11-6-8-14(2)20(18)22-21(17)19/h4-13H,3H2,1-2H3. The van der Waals surface area contributed by atoms with Crippen molar-refractivity contribution >= 4 is 21.9 Å². The molecule has 1 aromatic heterocycles. The van der Waals surface area contributed by atoms with Gasteiger partial charge in [0.15, 0.2) is 0 Å². The first-order chi connectivity index (χ1) is 10.8. The van der Waals surface area contributed by atoms with Crippen molar-refractivity contribution in [2.45, 2.75) is 20.3 Å². The van der Waals surface area contributed by atoms with Crippen molar-refractivity contribution in [2.75, 3.05) is 0 Å². The highest BCUT2D eigenvalue weighted by molar-refractivity contribution is 6.10. The maximum Gasteiger partial charge on any atom is 0.143 e. The van der Waals surface area contributed by atoms with E-state index in [2.05, 4.69) is 74.5 Å². The van der Waals surface area contributed by atoms with Crippen LogP contribution < -0.4 is 0 Å². The zero-order valence-electron chi connectivity index (χ0n) is 12.9. The Balaban J connectivity index is 2.11. The molecule has 0 saturated carbocycles. The fourth-order valence-electron chi connectivity index (χ4n) is 3.26. The summed E-state index contributed by atoms with van der Waals surface area (Å²) in [4.78, 5) is 0. The molecule has 0 aliphatic carbocycles. The van der Waals surface area contributed by atoms with Crippen LogP contribution >= 0.6 is 0 Å². The Labute approximate surface area is 130 Å². The lowest BCUT2D eigenvalue weighted by Gasteiger charge is -2.08. The van der Waals surface area contributed by atoms with Gasteiger partial charge in [0.05, 0.1) is 0 Å². The lowest BCUT2D eigenvalue weighted by Crippen LogP contribution is -1.87. The molecular formula is C21H18O. The molecule has 0 bridgehead atoms. The lowest BCUT2D eigenvalue weighted by molar-refractivity contribution is 0.667. The third-order valence-corrected chi connectivity index (χ3v) is 4.41. The van der Waals surface area contributed by atoms with Gasteiger partial charge in [0.1, 0.15) is 11.2 Å². The molecule has 0 unspecified atom stereocenters. The number of para-hydroxylation sites is 2. The molecule has 3 aromatic carbocycles. The van der Waals surface area contributed by atoms with E-state index in [1.165, 1.54) is 33.0 Å². The second kappa shape index (κ2) is 5.03. The summed E-state index contributed by atoms with van der Waals surface area (Å²) >= 11 is 0. The van der Waals surface area contributed by atoms with Crippen molar-refractivity contribution in [3.63, 3.8) is 0 Å². The summed E-state index contributed by atoms with van der Waals surface area (Å²) < 4.78 is 6.27. The Morgan fingerprint density at radius 3 is 2.23 bits per heavy atom. The highest BCUT2D eigenvalue weighted by Crippen LogP contribution is 2.37. The van der Waals surface area contributed by atoms with Gasteiger partial charge in [-0.15, -0.1) is 0 Å². The molecule has 0 spiro atoms. The molecule has 4 aromatic rings. The summed E-state index contributed by atoms with van der Waals surface area (Å²) in [6, 6.07) is 21.4. The van der Waals surface area contributed by atoms with E-state index in [0.29, 0.717) is 0 Å². The summed E-state index contributed by atoms with van der Waals surface area (Å²) in [5.74, 6) is 0. The van der Waals surface area contributed by atoms with Crippen LogP contribution in [0, 0.1) is 6.92 Å². The van der Waals surface area contributed by atoms with E-state index in [0.717, 1.165) is 17.6 Å². The molecule has 0 atom stereocenters. The quantitative estimate of drug-likeness (QED) is 0.432. The van der Waals surface area contributed by atoms with Crippen LogP contribution in [0.2, 0.25) is 0 Å². The number of rotatable bonds is 2. The van der Waals surface area contributed by atoms with Gasteiger partial charge in [-0.1, -0.05) is 67.6 Å². The van der Waals surface area contributed by atoms with Crippen molar-refractivity contribution in [1.29, 1.82) is 0 Å². The van der Waals surface area contributed by atoms with E-state index >= 15 is 0 Å². The molecule has 0 fully saturated rings. The molecule has 0 saturated heterocycles. The largest absolute Gasteiger partial charge is 0.455 e. The summed E-state index contributed by atoms with van der Waals surface area (Å²) in [6.45, 7) is 4.30. The summed E-state index contributed by atoms with van der Waals surface area (Å²) in [7, 11) is 0. The highest BCUT2D eigenvalue weighted by Gasteiger charge is 2.14. The van der Waals surface area contributed by atoms with Crippen LogP contribution in [0.1, 0.15) is 18.1 Å². The molecule has 1 heterocycles. The molecule has 4 rings (SSSR count). The Morgan fingerprint density at radius 1 is 0.727 bits per heavy atom. The Morgan fingerprint density at radius 2 is 1.41 bits per heavy atom. The van der Waals surface area contributed by atoms with Crippen LogP contribution in [0.4, 0.5) is 0 Å². The van der Waals surface area contributed by atoms with Crippen LogP contribution in [0.5, 0.6) is 0 Å². The number of aryl methyl sites for hydroxylation is 2. The van der Waals surface area contributed by atoms with E-state index in [1.807, 2.05) is 0 Å². The van der Waals surface area contributed by atoms with Gasteiger partial charge in [-0.2, -0.15) is 0 Å². The fraction of sp³-hybridized carbons (Fsp3) is 0.143. The van der Waals surface area contributed by atoms with Crippen molar-refractivity contribution < 1.29 is 4.42 Å². The van der Waals surface area contributed by atoms with Crippen LogP contribution in [0.3, 0.4) is 0 Å². The Hall–Kier alpha value is -2.54. The molecule has 1 heteroatoms. The average molecular weight is 286 g/mol. The first-order valence-electron chi connectivity index (χ1n) is 7.78. The zero-order chi connectivity index (χ0) is 15.1. The number of benzene rings is 3. The van der Waals surface area contributed by atoms with E-state index in [9.17, 15) is 0 Å². The van der Waals surface area contributed by atoms with Crippen molar-refractivity contribution in [3.8, 4) is 11.1 Å². The molecule has 0 radical (unpaired) electrons. The first kappa shape index (κ1) is 13.1. The predicted octanol–water partition coefficient (Wildman–Crippen LogP) is 6.12. The number of hydrogen-bond acceptors (Lipinski definition) is 1. The third-order valence-electron chi connectivity index (χ3n) is 4.41. The maximum atomic E-state index is 6.27. The van der Waals surface area contributed by atoms with Crippen molar-refractivity contribution in [3.05, 3.63) is 71.8 Å². The molecule has 0 aliphatic heterocycles. The van der Waals surface area contributed by atoms with Crippen LogP contribution in [0.15, 0.2) is 65.1 Å².